The van der Waals surface area contributed by atoms with Gasteiger partial charge >= 0.3 is 0 Å². The molecule has 8 heteroatoms. The molecule has 1 aromatic rings. The van der Waals surface area contributed by atoms with Crippen LogP contribution in [0.3, 0.4) is 0 Å². The molecule has 1 saturated heterocycles. The first-order valence-electron chi connectivity index (χ1n) is 9.51. The van der Waals surface area contributed by atoms with Crippen molar-refractivity contribution in [1.82, 2.24) is 9.21 Å². The fourth-order valence-corrected chi connectivity index (χ4v) is 5.38. The number of carbonyl (C=O) groups excluding carboxylic acids is 1. The van der Waals surface area contributed by atoms with Crippen molar-refractivity contribution in [1.29, 1.82) is 0 Å². The molecule has 152 valence electrons. The minimum Gasteiger partial charge on any atom is -0.338 e. The average molecular weight is 416 g/mol. The lowest BCUT2D eigenvalue weighted by atomic mass is 9.96. The van der Waals surface area contributed by atoms with Crippen molar-refractivity contribution in [3.8, 4) is 0 Å². The van der Waals surface area contributed by atoms with E-state index in [1.54, 1.807) is 36.2 Å². The van der Waals surface area contributed by atoms with E-state index in [0.29, 0.717) is 31.1 Å². The molecule has 2 N–H and O–H groups in total. The fourth-order valence-electron chi connectivity index (χ4n) is 3.97. The van der Waals surface area contributed by atoms with Crippen molar-refractivity contribution in [3.05, 3.63) is 29.8 Å². The summed E-state index contributed by atoms with van der Waals surface area (Å²) in [5, 5.41) is 0. The third-order valence-corrected chi connectivity index (χ3v) is 7.70. The number of carbonyl (C=O) groups is 1. The highest BCUT2D eigenvalue weighted by atomic mass is 35.5. The quantitative estimate of drug-likeness (QED) is 0.800. The summed E-state index contributed by atoms with van der Waals surface area (Å²) in [6.07, 6.45) is 6.12. The van der Waals surface area contributed by atoms with E-state index in [1.165, 1.54) is 10.7 Å². The molecule has 0 spiro atoms. The number of halogens is 1. The van der Waals surface area contributed by atoms with E-state index < -0.39 is 10.0 Å². The van der Waals surface area contributed by atoms with Gasteiger partial charge in [0.2, 0.25) is 10.0 Å². The van der Waals surface area contributed by atoms with Crippen LogP contribution in [0.15, 0.2) is 29.2 Å². The highest BCUT2D eigenvalue weighted by molar-refractivity contribution is 7.89. The Labute approximate surface area is 168 Å². The molecule has 27 heavy (non-hydrogen) atoms. The van der Waals surface area contributed by atoms with Gasteiger partial charge in [0.1, 0.15) is 0 Å². The molecule has 0 radical (unpaired) electrons. The van der Waals surface area contributed by atoms with Gasteiger partial charge in [-0.15, -0.1) is 12.4 Å². The van der Waals surface area contributed by atoms with Crippen molar-refractivity contribution >= 4 is 28.3 Å². The van der Waals surface area contributed by atoms with Crippen LogP contribution in [-0.4, -0.2) is 56.3 Å². The Hall–Kier alpha value is -1.15. The molecule has 1 amide bonds. The van der Waals surface area contributed by atoms with Gasteiger partial charge in [0.25, 0.3) is 5.91 Å². The number of likely N-dealkylation sites (tertiary alicyclic amines) is 1. The molecule has 3 rings (SSSR count). The second-order valence-electron chi connectivity index (χ2n) is 7.48. The van der Waals surface area contributed by atoms with Gasteiger partial charge in [-0.05, 0) is 56.0 Å². The maximum atomic E-state index is 12.9. The zero-order valence-corrected chi connectivity index (χ0v) is 17.5. The monoisotopic (exact) mass is 415 g/mol. The first kappa shape index (κ1) is 22.1. The van der Waals surface area contributed by atoms with Crippen molar-refractivity contribution in [2.24, 2.45) is 11.7 Å². The maximum Gasteiger partial charge on any atom is 0.253 e. The van der Waals surface area contributed by atoms with Gasteiger partial charge in [-0.1, -0.05) is 19.3 Å². The Morgan fingerprint density at radius 2 is 1.78 bits per heavy atom. The molecule has 1 aromatic carbocycles. The highest BCUT2D eigenvalue weighted by Gasteiger charge is 2.30. The summed E-state index contributed by atoms with van der Waals surface area (Å²) in [5.74, 6) is 0.313. The van der Waals surface area contributed by atoms with Gasteiger partial charge in [0, 0.05) is 31.7 Å². The zero-order valence-electron chi connectivity index (χ0n) is 15.8. The Morgan fingerprint density at radius 1 is 1.15 bits per heavy atom. The average Bonchev–Trinajstić information content (AvgIpc) is 3.17. The smallest absolute Gasteiger partial charge is 0.253 e. The van der Waals surface area contributed by atoms with E-state index in [9.17, 15) is 13.2 Å². The molecule has 1 heterocycles. The molecular weight excluding hydrogens is 386 g/mol. The van der Waals surface area contributed by atoms with E-state index in [4.69, 9.17) is 5.73 Å². The molecule has 1 aliphatic heterocycles. The molecule has 0 aromatic heterocycles. The summed E-state index contributed by atoms with van der Waals surface area (Å²) in [6, 6.07) is 6.43. The van der Waals surface area contributed by atoms with E-state index >= 15 is 0 Å². The van der Waals surface area contributed by atoms with Crippen molar-refractivity contribution in [2.75, 3.05) is 26.7 Å². The summed E-state index contributed by atoms with van der Waals surface area (Å²) in [4.78, 5) is 14.6. The third kappa shape index (κ3) is 4.83. The normalized spacial score (nSPS) is 21.3. The fraction of sp³-hybridized carbons (Fsp3) is 0.632. The topological polar surface area (TPSA) is 83.7 Å². The van der Waals surface area contributed by atoms with Gasteiger partial charge in [-0.3, -0.25) is 4.79 Å². The number of rotatable bonds is 5. The molecule has 2 aliphatic rings. The summed E-state index contributed by atoms with van der Waals surface area (Å²) >= 11 is 0. The van der Waals surface area contributed by atoms with Gasteiger partial charge < -0.3 is 10.6 Å². The lowest BCUT2D eigenvalue weighted by Crippen LogP contribution is -2.38. The van der Waals surface area contributed by atoms with Crippen LogP contribution >= 0.6 is 12.4 Å². The van der Waals surface area contributed by atoms with E-state index in [1.807, 2.05) is 0 Å². The lowest BCUT2D eigenvalue weighted by molar-refractivity contribution is 0.0787. The minimum atomic E-state index is -3.52. The number of nitrogens with two attached hydrogens (primary N) is 1. The van der Waals surface area contributed by atoms with Crippen LogP contribution in [0.5, 0.6) is 0 Å². The van der Waals surface area contributed by atoms with Crippen LogP contribution in [0.1, 0.15) is 48.9 Å². The lowest BCUT2D eigenvalue weighted by Gasteiger charge is -2.30. The Morgan fingerprint density at radius 3 is 2.33 bits per heavy atom. The Balaban J connectivity index is 0.00000261. The minimum absolute atomic E-state index is 0. The standard InChI is InChI=1S/C19H29N3O3S.ClH/c1-21(17-5-3-2-4-6-17)26(24,25)18-9-7-16(8-10-18)19(23)22-12-11-15(13-20)14-22;/h7-10,15,17H,2-6,11-14,20H2,1H3;1H. The molecule has 2 fully saturated rings. The highest BCUT2D eigenvalue weighted by Crippen LogP contribution is 2.27. The second-order valence-corrected chi connectivity index (χ2v) is 9.48. The van der Waals surface area contributed by atoms with Crippen molar-refractivity contribution in [2.45, 2.75) is 49.5 Å². The maximum absolute atomic E-state index is 12.9. The zero-order chi connectivity index (χ0) is 18.7. The van der Waals surface area contributed by atoms with Crippen molar-refractivity contribution < 1.29 is 13.2 Å². The molecule has 1 saturated carbocycles. The molecule has 1 aliphatic carbocycles. The summed E-state index contributed by atoms with van der Waals surface area (Å²) in [7, 11) is -1.85. The number of sulfonamides is 1. The summed E-state index contributed by atoms with van der Waals surface area (Å²) in [6.45, 7) is 1.99. The van der Waals surface area contributed by atoms with E-state index in [-0.39, 0.29) is 29.3 Å². The van der Waals surface area contributed by atoms with Gasteiger partial charge in [0.05, 0.1) is 4.90 Å². The van der Waals surface area contributed by atoms with E-state index in [2.05, 4.69) is 0 Å². The van der Waals surface area contributed by atoms with Crippen molar-refractivity contribution in [3.63, 3.8) is 0 Å². The van der Waals surface area contributed by atoms with Crippen LogP contribution in [0.2, 0.25) is 0 Å². The Bertz CT molecular complexity index is 733. The van der Waals surface area contributed by atoms with Crippen LogP contribution in [0.4, 0.5) is 0 Å². The SMILES string of the molecule is CN(C1CCCCC1)S(=O)(=O)c1ccc(C(=O)N2CCC(CN)C2)cc1.Cl. The van der Waals surface area contributed by atoms with Gasteiger partial charge in [0.15, 0.2) is 0 Å². The first-order chi connectivity index (χ1) is 12.4. The van der Waals surface area contributed by atoms with Crippen LogP contribution < -0.4 is 5.73 Å². The van der Waals surface area contributed by atoms with Crippen LogP contribution in [0, 0.1) is 5.92 Å². The molecule has 6 nitrogen and oxygen atoms in total. The van der Waals surface area contributed by atoms with E-state index in [0.717, 1.165) is 32.1 Å². The number of amides is 1. The summed E-state index contributed by atoms with van der Waals surface area (Å²) < 4.78 is 27.2. The van der Waals surface area contributed by atoms with Gasteiger partial charge in [-0.25, -0.2) is 8.42 Å². The molecular formula is C19H30ClN3O3S. The third-order valence-electron chi connectivity index (χ3n) is 5.77. The van der Waals surface area contributed by atoms with Crippen LogP contribution in [0.25, 0.3) is 0 Å². The molecule has 1 unspecified atom stereocenters. The molecule has 0 bridgehead atoms. The second kappa shape index (κ2) is 9.37. The largest absolute Gasteiger partial charge is 0.338 e. The summed E-state index contributed by atoms with van der Waals surface area (Å²) in [5.41, 5.74) is 6.21. The van der Waals surface area contributed by atoms with Gasteiger partial charge in [-0.2, -0.15) is 4.31 Å². The van der Waals surface area contributed by atoms with Crippen LogP contribution in [-0.2, 0) is 10.0 Å². The number of hydrogen-bond donors (Lipinski definition) is 1. The number of benzene rings is 1. The number of nitrogens with zero attached hydrogens (tertiary/aromatic N) is 2. The predicted molar refractivity (Wildman–Crippen MR) is 109 cm³/mol. The molecule has 1 atom stereocenters. The number of hydrogen-bond acceptors (Lipinski definition) is 4. The first-order valence-corrected chi connectivity index (χ1v) is 10.9. The Kier molecular flexibility index (Phi) is 7.68. The predicted octanol–water partition coefficient (Wildman–Crippen LogP) is 2.48.